The Morgan fingerprint density at radius 2 is 1.41 bits per heavy atom. The van der Waals surface area contributed by atoms with E-state index in [2.05, 4.69) is 30.9 Å². The van der Waals surface area contributed by atoms with Crippen molar-refractivity contribution in [1.29, 1.82) is 0 Å². The van der Waals surface area contributed by atoms with Gasteiger partial charge in [-0.15, -0.1) is 0 Å². The van der Waals surface area contributed by atoms with Crippen molar-refractivity contribution < 1.29 is 9.90 Å². The molecule has 0 spiro atoms. The summed E-state index contributed by atoms with van der Waals surface area (Å²) in [4.78, 5) is 10.6. The van der Waals surface area contributed by atoms with Crippen LogP contribution in [0.2, 0.25) is 13.3 Å². The Balaban J connectivity index is 5.08. The van der Waals surface area contributed by atoms with E-state index in [1.54, 1.807) is 0 Å². The number of unbranched alkanes of at least 4 members (excludes halogenated alkanes) is 3. The molecular formula is C19H38O2Sn. The van der Waals surface area contributed by atoms with Crippen molar-refractivity contribution in [1.82, 2.24) is 0 Å². The molecule has 0 bridgehead atoms. The van der Waals surface area contributed by atoms with Gasteiger partial charge in [0.05, 0.1) is 0 Å². The van der Waals surface area contributed by atoms with Gasteiger partial charge in [-0.2, -0.15) is 0 Å². The van der Waals surface area contributed by atoms with Crippen molar-refractivity contribution in [3.8, 4) is 0 Å². The normalized spacial score (nSPS) is 15.1. The molecule has 1 atom stereocenters. The Labute approximate surface area is 142 Å². The van der Waals surface area contributed by atoms with E-state index in [0.717, 1.165) is 6.29 Å². The van der Waals surface area contributed by atoms with Gasteiger partial charge in [-0.3, -0.25) is 0 Å². The molecule has 22 heavy (non-hydrogen) atoms. The molecule has 0 fully saturated rings. The first kappa shape index (κ1) is 22.2. The van der Waals surface area contributed by atoms with E-state index in [0.29, 0.717) is 12.8 Å². The van der Waals surface area contributed by atoms with Gasteiger partial charge in [0, 0.05) is 0 Å². The molecule has 0 aliphatic carbocycles. The Morgan fingerprint density at radius 3 is 1.77 bits per heavy atom. The van der Waals surface area contributed by atoms with Gasteiger partial charge in [0.1, 0.15) is 0 Å². The molecular weight excluding hydrogens is 379 g/mol. The molecule has 3 heteroatoms. The van der Waals surface area contributed by atoms with E-state index in [4.69, 9.17) is 0 Å². The van der Waals surface area contributed by atoms with Gasteiger partial charge >= 0.3 is 143 Å². The van der Waals surface area contributed by atoms with Gasteiger partial charge in [-0.1, -0.05) is 0 Å². The summed E-state index contributed by atoms with van der Waals surface area (Å²) >= 11 is -2.29. The summed E-state index contributed by atoms with van der Waals surface area (Å²) < 4.78 is 6.77. The van der Waals surface area contributed by atoms with Crippen molar-refractivity contribution in [2.75, 3.05) is 0 Å². The maximum absolute atomic E-state index is 10.6. The van der Waals surface area contributed by atoms with Gasteiger partial charge in [0.25, 0.3) is 0 Å². The van der Waals surface area contributed by atoms with Crippen molar-refractivity contribution in [2.45, 2.75) is 98.0 Å². The Kier molecular flexibility index (Phi) is 12.7. The zero-order valence-corrected chi connectivity index (χ0v) is 18.2. The minimum atomic E-state index is -2.29. The van der Waals surface area contributed by atoms with E-state index < -0.39 is 24.0 Å². The van der Waals surface area contributed by atoms with Gasteiger partial charge in [0.15, 0.2) is 0 Å². The predicted octanol–water partition coefficient (Wildman–Crippen LogP) is 5.66. The predicted molar refractivity (Wildman–Crippen MR) is 100.0 cm³/mol. The van der Waals surface area contributed by atoms with Crippen LogP contribution in [0.15, 0.2) is 10.2 Å². The number of hydrogen-bond donors (Lipinski definition) is 1. The van der Waals surface area contributed by atoms with Gasteiger partial charge in [0.2, 0.25) is 0 Å². The summed E-state index contributed by atoms with van der Waals surface area (Å²) in [5.74, 6) is 0. The summed E-state index contributed by atoms with van der Waals surface area (Å²) in [6.45, 7) is 8.68. The number of carbonyl (C=O) groups is 1. The third-order valence-corrected chi connectivity index (χ3v) is 18.7. The zero-order valence-electron chi connectivity index (χ0n) is 15.4. The Hall–Kier alpha value is 0.169. The number of carbonyl (C=O) groups excluding carboxylic acids is 1. The standard InChI is InChI=1S/C7H11O2.3C4H9.Sn/c1-3-7(2,9)5-4-6-8;3*1-3-4-2;/h1,3,6,9H,4-5H2,2H3;3*1,3-4H2,2H3;/t7-;;;;/m1..../s1. The average molecular weight is 417 g/mol. The van der Waals surface area contributed by atoms with Crippen LogP contribution in [0.25, 0.3) is 0 Å². The second kappa shape index (κ2) is 12.6. The van der Waals surface area contributed by atoms with Crippen LogP contribution in [-0.4, -0.2) is 35.4 Å². The summed E-state index contributed by atoms with van der Waals surface area (Å²) in [6, 6.07) is 0. The molecule has 1 N–H and O–H groups in total. The van der Waals surface area contributed by atoms with Crippen LogP contribution in [-0.2, 0) is 4.79 Å². The molecule has 0 saturated heterocycles. The molecule has 0 aliphatic heterocycles. The Bertz CT molecular complexity index is 289. The molecule has 0 amide bonds. The fraction of sp³-hybridized carbons (Fsp3) is 0.842. The second-order valence-electron chi connectivity index (χ2n) is 7.07. The van der Waals surface area contributed by atoms with E-state index in [-0.39, 0.29) is 0 Å². The molecule has 0 unspecified atom stereocenters. The van der Waals surface area contributed by atoms with Crippen molar-refractivity contribution in [3.05, 3.63) is 10.2 Å². The SMILES string of the molecule is CCC[CH2][Sn](/[CH]=C/[C@@](C)(O)CCC=O)([CH2]CCC)[CH2]CCC. The summed E-state index contributed by atoms with van der Waals surface area (Å²) in [5, 5.41) is 10.5. The minimum absolute atomic E-state index is 0.443. The molecule has 0 aliphatic rings. The summed E-state index contributed by atoms with van der Waals surface area (Å²) in [7, 11) is 0. The van der Waals surface area contributed by atoms with Gasteiger partial charge < -0.3 is 0 Å². The second-order valence-corrected chi connectivity index (χ2v) is 20.1. The summed E-state index contributed by atoms with van der Waals surface area (Å²) in [5.41, 5.74) is -0.812. The fourth-order valence-corrected chi connectivity index (χ4v) is 17.7. The molecule has 2 nitrogen and oxygen atoms in total. The molecule has 0 radical (unpaired) electrons. The van der Waals surface area contributed by atoms with Crippen LogP contribution in [0.5, 0.6) is 0 Å². The first-order chi connectivity index (χ1) is 10.4. The van der Waals surface area contributed by atoms with Crippen molar-refractivity contribution in [3.63, 3.8) is 0 Å². The van der Waals surface area contributed by atoms with Crippen molar-refractivity contribution >= 4 is 24.7 Å². The number of rotatable bonds is 14. The third-order valence-electron chi connectivity index (χ3n) is 4.65. The molecule has 0 rings (SSSR count). The average Bonchev–Trinajstić information content (AvgIpc) is 2.52. The molecule has 130 valence electrons. The van der Waals surface area contributed by atoms with Crippen LogP contribution >= 0.6 is 0 Å². The molecule has 0 aromatic heterocycles. The molecule has 0 aromatic rings. The van der Waals surface area contributed by atoms with E-state index in [9.17, 15) is 9.90 Å². The topological polar surface area (TPSA) is 37.3 Å². The van der Waals surface area contributed by atoms with E-state index >= 15 is 0 Å². The molecule has 0 aromatic carbocycles. The van der Waals surface area contributed by atoms with Crippen LogP contribution in [0.3, 0.4) is 0 Å². The maximum atomic E-state index is 10.6. The van der Waals surface area contributed by atoms with E-state index in [1.165, 1.54) is 51.8 Å². The number of aldehydes is 1. The first-order valence-electron chi connectivity index (χ1n) is 9.31. The fourth-order valence-electron chi connectivity index (χ4n) is 3.00. The van der Waals surface area contributed by atoms with E-state index in [1.807, 2.05) is 6.92 Å². The Morgan fingerprint density at radius 1 is 0.955 bits per heavy atom. The monoisotopic (exact) mass is 418 g/mol. The molecule has 0 heterocycles. The van der Waals surface area contributed by atoms with Crippen LogP contribution in [0.1, 0.15) is 79.1 Å². The van der Waals surface area contributed by atoms with Gasteiger partial charge in [-0.05, 0) is 0 Å². The van der Waals surface area contributed by atoms with Crippen LogP contribution in [0, 0.1) is 0 Å². The van der Waals surface area contributed by atoms with Crippen molar-refractivity contribution in [2.24, 2.45) is 0 Å². The third kappa shape index (κ3) is 10.0. The van der Waals surface area contributed by atoms with Gasteiger partial charge in [-0.25, -0.2) is 0 Å². The van der Waals surface area contributed by atoms with Crippen LogP contribution in [0.4, 0.5) is 0 Å². The summed E-state index contributed by atoms with van der Waals surface area (Å²) in [6.07, 6.45) is 11.8. The zero-order chi connectivity index (χ0) is 16.9. The first-order valence-corrected chi connectivity index (χ1v) is 17.0. The quantitative estimate of drug-likeness (QED) is 0.293. The molecule has 0 saturated carbocycles. The van der Waals surface area contributed by atoms with Crippen LogP contribution < -0.4 is 0 Å². The number of aliphatic hydroxyl groups is 1. The number of hydrogen-bond acceptors (Lipinski definition) is 2.